The predicted octanol–water partition coefficient (Wildman–Crippen LogP) is 1.84. The third kappa shape index (κ3) is 3.20. The van der Waals surface area contributed by atoms with Gasteiger partial charge in [0.15, 0.2) is 0 Å². The number of thioether (sulfide) groups is 1. The Labute approximate surface area is 88.7 Å². The van der Waals surface area contributed by atoms with Gasteiger partial charge in [-0.15, -0.1) is 0 Å². The van der Waals surface area contributed by atoms with Crippen molar-refractivity contribution in [3.63, 3.8) is 0 Å². The zero-order chi connectivity index (χ0) is 10.4. The third-order valence-corrected chi connectivity index (χ3v) is 3.10. The summed E-state index contributed by atoms with van der Waals surface area (Å²) in [7, 11) is 0. The van der Waals surface area contributed by atoms with Gasteiger partial charge in [-0.1, -0.05) is 13.0 Å². The number of nitrogens with zero attached hydrogens (tertiary/aromatic N) is 1. The van der Waals surface area contributed by atoms with Gasteiger partial charge >= 0.3 is 0 Å². The number of pyridine rings is 1. The Kier molecular flexibility index (Phi) is 4.76. The molecule has 0 aliphatic rings. The number of anilines is 1. The second kappa shape index (κ2) is 5.88. The highest BCUT2D eigenvalue weighted by atomic mass is 32.2. The van der Waals surface area contributed by atoms with E-state index in [9.17, 15) is 5.11 Å². The number of aliphatic hydroxyl groups excluding tert-OH is 1. The number of nitrogen functional groups attached to an aromatic ring is 1. The summed E-state index contributed by atoms with van der Waals surface area (Å²) in [6.45, 7) is 2.12. The molecular formula is C10H16N2OS. The Morgan fingerprint density at radius 1 is 1.64 bits per heavy atom. The standard InChI is InChI=1S/C10H16N2OS/c1-2-6-14-7-9(13)8-4-3-5-12-10(8)11/h3-5,9,13H,2,6-7H2,1H3,(H2,11,12). The van der Waals surface area contributed by atoms with Gasteiger partial charge in [-0.05, 0) is 18.2 Å². The maximum Gasteiger partial charge on any atom is 0.129 e. The SMILES string of the molecule is CCCSCC(O)c1cccnc1N. The molecule has 14 heavy (non-hydrogen) atoms. The van der Waals surface area contributed by atoms with Gasteiger partial charge in [-0.25, -0.2) is 4.98 Å². The second-order valence-electron chi connectivity index (χ2n) is 3.07. The maximum absolute atomic E-state index is 9.79. The van der Waals surface area contributed by atoms with Gasteiger partial charge in [-0.3, -0.25) is 0 Å². The highest BCUT2D eigenvalue weighted by molar-refractivity contribution is 7.99. The molecule has 78 valence electrons. The lowest BCUT2D eigenvalue weighted by molar-refractivity contribution is 0.204. The van der Waals surface area contributed by atoms with Crippen molar-refractivity contribution in [2.45, 2.75) is 19.4 Å². The van der Waals surface area contributed by atoms with Crippen LogP contribution in [-0.4, -0.2) is 21.6 Å². The quantitative estimate of drug-likeness (QED) is 0.731. The average molecular weight is 212 g/mol. The van der Waals surface area contributed by atoms with Crippen molar-refractivity contribution < 1.29 is 5.11 Å². The van der Waals surface area contributed by atoms with Gasteiger partial charge in [0.25, 0.3) is 0 Å². The number of aliphatic hydroxyl groups is 1. The van der Waals surface area contributed by atoms with Crippen molar-refractivity contribution in [2.75, 3.05) is 17.2 Å². The normalized spacial score (nSPS) is 12.7. The van der Waals surface area contributed by atoms with Crippen LogP contribution in [0.1, 0.15) is 25.0 Å². The molecule has 1 aromatic rings. The van der Waals surface area contributed by atoms with Crippen LogP contribution in [0.4, 0.5) is 5.82 Å². The summed E-state index contributed by atoms with van der Waals surface area (Å²) in [5.41, 5.74) is 6.38. The van der Waals surface area contributed by atoms with Crippen molar-refractivity contribution in [3.05, 3.63) is 23.9 Å². The highest BCUT2D eigenvalue weighted by Gasteiger charge is 2.10. The lowest BCUT2D eigenvalue weighted by Crippen LogP contribution is -2.06. The predicted molar refractivity (Wildman–Crippen MR) is 61.2 cm³/mol. The van der Waals surface area contributed by atoms with E-state index >= 15 is 0 Å². The summed E-state index contributed by atoms with van der Waals surface area (Å²) in [4.78, 5) is 3.94. The van der Waals surface area contributed by atoms with Gasteiger partial charge in [0.2, 0.25) is 0 Å². The zero-order valence-corrected chi connectivity index (χ0v) is 9.13. The van der Waals surface area contributed by atoms with E-state index in [4.69, 9.17) is 5.73 Å². The number of rotatable bonds is 5. The monoisotopic (exact) mass is 212 g/mol. The Balaban J connectivity index is 2.51. The fourth-order valence-electron chi connectivity index (χ4n) is 1.14. The summed E-state index contributed by atoms with van der Waals surface area (Å²) < 4.78 is 0. The van der Waals surface area contributed by atoms with Crippen molar-refractivity contribution in [2.24, 2.45) is 0 Å². The first-order valence-electron chi connectivity index (χ1n) is 4.72. The minimum absolute atomic E-state index is 0.428. The lowest BCUT2D eigenvalue weighted by atomic mass is 10.2. The molecule has 4 heteroatoms. The van der Waals surface area contributed by atoms with Crippen LogP contribution in [0.3, 0.4) is 0 Å². The van der Waals surface area contributed by atoms with Crippen LogP contribution in [0, 0.1) is 0 Å². The highest BCUT2D eigenvalue weighted by Crippen LogP contribution is 2.21. The molecule has 0 saturated carbocycles. The fourth-order valence-corrected chi connectivity index (χ4v) is 2.00. The van der Waals surface area contributed by atoms with Crippen LogP contribution in [0.5, 0.6) is 0 Å². The molecule has 0 spiro atoms. The van der Waals surface area contributed by atoms with E-state index in [0.717, 1.165) is 17.7 Å². The number of hydrogen-bond acceptors (Lipinski definition) is 4. The first-order chi connectivity index (χ1) is 6.75. The fraction of sp³-hybridized carbons (Fsp3) is 0.500. The number of nitrogens with two attached hydrogens (primary N) is 1. The zero-order valence-electron chi connectivity index (χ0n) is 8.31. The molecule has 1 heterocycles. The van der Waals surface area contributed by atoms with E-state index in [1.54, 1.807) is 24.0 Å². The topological polar surface area (TPSA) is 59.1 Å². The van der Waals surface area contributed by atoms with Gasteiger partial charge in [0.1, 0.15) is 5.82 Å². The van der Waals surface area contributed by atoms with Crippen LogP contribution in [0.15, 0.2) is 18.3 Å². The molecule has 0 amide bonds. The molecule has 0 aliphatic heterocycles. The molecule has 0 radical (unpaired) electrons. The van der Waals surface area contributed by atoms with E-state index in [2.05, 4.69) is 11.9 Å². The van der Waals surface area contributed by atoms with Crippen LogP contribution in [-0.2, 0) is 0 Å². The van der Waals surface area contributed by atoms with Crippen molar-refractivity contribution >= 4 is 17.6 Å². The van der Waals surface area contributed by atoms with Gasteiger partial charge in [0.05, 0.1) is 6.10 Å². The van der Waals surface area contributed by atoms with Crippen molar-refractivity contribution in [3.8, 4) is 0 Å². The van der Waals surface area contributed by atoms with E-state index in [0.29, 0.717) is 11.6 Å². The average Bonchev–Trinajstić information content (AvgIpc) is 2.18. The number of hydrogen-bond donors (Lipinski definition) is 2. The van der Waals surface area contributed by atoms with E-state index in [1.165, 1.54) is 0 Å². The molecule has 0 aliphatic carbocycles. The lowest BCUT2D eigenvalue weighted by Gasteiger charge is -2.11. The molecule has 3 N–H and O–H groups in total. The second-order valence-corrected chi connectivity index (χ2v) is 4.22. The molecule has 1 aromatic heterocycles. The van der Waals surface area contributed by atoms with Crippen LogP contribution in [0.2, 0.25) is 0 Å². The van der Waals surface area contributed by atoms with Gasteiger partial charge in [0, 0.05) is 17.5 Å². The summed E-state index contributed by atoms with van der Waals surface area (Å²) in [5.74, 6) is 2.18. The van der Waals surface area contributed by atoms with E-state index in [1.807, 2.05) is 6.07 Å². The first kappa shape index (κ1) is 11.3. The molecule has 1 unspecified atom stereocenters. The summed E-state index contributed by atoms with van der Waals surface area (Å²) in [6, 6.07) is 3.61. The van der Waals surface area contributed by atoms with Gasteiger partial charge in [-0.2, -0.15) is 11.8 Å². The minimum atomic E-state index is -0.500. The summed E-state index contributed by atoms with van der Waals surface area (Å²) >= 11 is 1.73. The first-order valence-corrected chi connectivity index (χ1v) is 5.87. The minimum Gasteiger partial charge on any atom is -0.387 e. The van der Waals surface area contributed by atoms with Crippen LogP contribution in [0.25, 0.3) is 0 Å². The Bertz CT molecular complexity index is 281. The maximum atomic E-state index is 9.79. The molecule has 0 fully saturated rings. The largest absolute Gasteiger partial charge is 0.387 e. The van der Waals surface area contributed by atoms with E-state index < -0.39 is 6.10 Å². The molecule has 1 rings (SSSR count). The number of aromatic nitrogens is 1. The van der Waals surface area contributed by atoms with Gasteiger partial charge < -0.3 is 10.8 Å². The van der Waals surface area contributed by atoms with Crippen LogP contribution >= 0.6 is 11.8 Å². The Hall–Kier alpha value is -0.740. The molecule has 3 nitrogen and oxygen atoms in total. The van der Waals surface area contributed by atoms with E-state index in [-0.39, 0.29) is 0 Å². The molecular weight excluding hydrogens is 196 g/mol. The van der Waals surface area contributed by atoms with Crippen molar-refractivity contribution in [1.82, 2.24) is 4.98 Å². The molecule has 0 bridgehead atoms. The molecule has 0 aromatic carbocycles. The smallest absolute Gasteiger partial charge is 0.129 e. The van der Waals surface area contributed by atoms with Crippen molar-refractivity contribution in [1.29, 1.82) is 0 Å². The Morgan fingerprint density at radius 3 is 3.07 bits per heavy atom. The summed E-state index contributed by atoms with van der Waals surface area (Å²) in [5, 5.41) is 9.79. The molecule has 1 atom stereocenters. The Morgan fingerprint density at radius 2 is 2.43 bits per heavy atom. The molecule has 0 saturated heterocycles. The summed E-state index contributed by atoms with van der Waals surface area (Å²) in [6.07, 6.45) is 2.25. The third-order valence-electron chi connectivity index (χ3n) is 1.85. The van der Waals surface area contributed by atoms with Crippen LogP contribution < -0.4 is 5.73 Å².